The second-order valence-corrected chi connectivity index (χ2v) is 7.62. The van der Waals surface area contributed by atoms with E-state index in [9.17, 15) is 8.42 Å². The molecule has 2 N–H and O–H groups in total. The molecule has 0 radical (unpaired) electrons. The summed E-state index contributed by atoms with van der Waals surface area (Å²) in [5.41, 5.74) is 6.07. The molecular weight excluding hydrogens is 298 g/mol. The second kappa shape index (κ2) is 5.89. The number of anilines is 1. The highest BCUT2D eigenvalue weighted by Crippen LogP contribution is 2.28. The molecule has 0 aliphatic carbocycles. The van der Waals surface area contributed by atoms with Gasteiger partial charge >= 0.3 is 0 Å². The van der Waals surface area contributed by atoms with E-state index in [4.69, 9.17) is 17.3 Å². The number of halogens is 1. The van der Waals surface area contributed by atoms with Crippen LogP contribution in [-0.4, -0.2) is 50.8 Å². The lowest BCUT2D eigenvalue weighted by molar-refractivity contribution is 0.197. The summed E-state index contributed by atoms with van der Waals surface area (Å²) in [4.78, 5) is 2.28. The first-order valence-corrected chi connectivity index (χ1v) is 8.36. The van der Waals surface area contributed by atoms with E-state index in [1.54, 1.807) is 13.1 Å². The molecular formula is C13H20ClN3O2S. The van der Waals surface area contributed by atoms with Crippen molar-refractivity contribution < 1.29 is 8.42 Å². The monoisotopic (exact) mass is 317 g/mol. The fourth-order valence-corrected chi connectivity index (χ4v) is 4.35. The number of benzene rings is 1. The summed E-state index contributed by atoms with van der Waals surface area (Å²) in [6.45, 7) is 1.80. The highest BCUT2D eigenvalue weighted by molar-refractivity contribution is 7.89. The van der Waals surface area contributed by atoms with Gasteiger partial charge in [-0.25, -0.2) is 8.42 Å². The van der Waals surface area contributed by atoms with E-state index in [0.717, 1.165) is 25.9 Å². The average molecular weight is 318 g/mol. The van der Waals surface area contributed by atoms with Gasteiger partial charge in [0.15, 0.2) is 0 Å². The maximum Gasteiger partial charge on any atom is 0.244 e. The van der Waals surface area contributed by atoms with Crippen LogP contribution in [-0.2, 0) is 10.0 Å². The van der Waals surface area contributed by atoms with Gasteiger partial charge in [-0.15, -0.1) is 0 Å². The normalized spacial score (nSPS) is 18.6. The Morgan fingerprint density at radius 3 is 2.55 bits per heavy atom. The predicted molar refractivity (Wildman–Crippen MR) is 81.3 cm³/mol. The summed E-state index contributed by atoms with van der Waals surface area (Å²) >= 11 is 6.02. The van der Waals surface area contributed by atoms with Crippen LogP contribution in [0, 0.1) is 0 Å². The van der Waals surface area contributed by atoms with Crippen molar-refractivity contribution >= 4 is 27.3 Å². The van der Waals surface area contributed by atoms with Gasteiger partial charge in [0, 0.05) is 18.8 Å². The topological polar surface area (TPSA) is 66.6 Å². The van der Waals surface area contributed by atoms with Crippen molar-refractivity contribution in [2.45, 2.75) is 23.8 Å². The van der Waals surface area contributed by atoms with Gasteiger partial charge in [0.1, 0.15) is 4.90 Å². The molecule has 1 heterocycles. The lowest BCUT2D eigenvalue weighted by atomic mass is 10.1. The molecule has 0 bridgehead atoms. The third-order valence-electron chi connectivity index (χ3n) is 3.81. The highest BCUT2D eigenvalue weighted by Gasteiger charge is 2.31. The molecule has 1 aromatic rings. The average Bonchev–Trinajstić information content (AvgIpc) is 2.41. The zero-order valence-corrected chi connectivity index (χ0v) is 13.3. The highest BCUT2D eigenvalue weighted by atomic mass is 35.5. The van der Waals surface area contributed by atoms with Crippen LogP contribution in [0.25, 0.3) is 0 Å². The molecule has 5 nitrogen and oxygen atoms in total. The zero-order chi connectivity index (χ0) is 14.9. The van der Waals surface area contributed by atoms with Gasteiger partial charge < -0.3 is 10.6 Å². The number of sulfonamides is 1. The lowest BCUT2D eigenvalue weighted by Gasteiger charge is -2.34. The molecule has 1 saturated heterocycles. The first kappa shape index (κ1) is 15.6. The fraction of sp³-hybridized carbons (Fsp3) is 0.538. The van der Waals surface area contributed by atoms with E-state index in [0.29, 0.717) is 5.69 Å². The fourth-order valence-electron chi connectivity index (χ4n) is 2.43. The molecule has 1 aromatic carbocycles. The number of likely N-dealkylation sites (tertiary alicyclic amines) is 1. The van der Waals surface area contributed by atoms with Crippen LogP contribution in [0.3, 0.4) is 0 Å². The number of rotatable bonds is 3. The van der Waals surface area contributed by atoms with E-state index in [1.807, 2.05) is 7.05 Å². The Bertz CT molecular complexity index is 583. The molecule has 20 heavy (non-hydrogen) atoms. The van der Waals surface area contributed by atoms with Crippen molar-refractivity contribution in [1.29, 1.82) is 0 Å². The van der Waals surface area contributed by atoms with Crippen molar-refractivity contribution in [2.75, 3.05) is 32.9 Å². The lowest BCUT2D eigenvalue weighted by Crippen LogP contribution is -2.44. The van der Waals surface area contributed by atoms with E-state index < -0.39 is 10.0 Å². The van der Waals surface area contributed by atoms with Crippen LogP contribution in [0.1, 0.15) is 12.8 Å². The molecule has 0 amide bonds. The largest absolute Gasteiger partial charge is 0.399 e. The number of piperidine rings is 1. The van der Waals surface area contributed by atoms with Crippen LogP contribution in [0.15, 0.2) is 23.1 Å². The summed E-state index contributed by atoms with van der Waals surface area (Å²) in [6.07, 6.45) is 1.65. The Balaban J connectivity index is 2.27. The van der Waals surface area contributed by atoms with E-state index in [1.165, 1.54) is 16.4 Å². The summed E-state index contributed by atoms with van der Waals surface area (Å²) in [7, 11) is 0.0507. The van der Waals surface area contributed by atoms with Gasteiger partial charge in [-0.3, -0.25) is 0 Å². The van der Waals surface area contributed by atoms with Crippen LogP contribution < -0.4 is 5.73 Å². The molecule has 7 heteroatoms. The quantitative estimate of drug-likeness (QED) is 0.861. The first-order valence-electron chi connectivity index (χ1n) is 6.54. The minimum Gasteiger partial charge on any atom is -0.399 e. The number of nitrogens with zero attached hydrogens (tertiary/aromatic N) is 2. The smallest absolute Gasteiger partial charge is 0.244 e. The number of hydrogen-bond donors (Lipinski definition) is 1. The van der Waals surface area contributed by atoms with Crippen molar-refractivity contribution in [1.82, 2.24) is 9.21 Å². The molecule has 0 spiro atoms. The molecule has 0 aromatic heterocycles. The molecule has 1 aliphatic rings. The Morgan fingerprint density at radius 2 is 1.95 bits per heavy atom. The van der Waals surface area contributed by atoms with Gasteiger partial charge in [0.25, 0.3) is 0 Å². The van der Waals surface area contributed by atoms with Crippen molar-refractivity contribution in [3.8, 4) is 0 Å². The predicted octanol–water partition coefficient (Wildman–Crippen LogP) is 1.64. The standard InChI is InChI=1S/C13H20ClN3O2S/c1-16-7-5-11(6-8-16)17(2)20(18,19)13-9-10(15)3-4-12(13)14/h3-4,9,11H,5-8,15H2,1-2H3. The van der Waals surface area contributed by atoms with Crippen LogP contribution >= 0.6 is 11.6 Å². The van der Waals surface area contributed by atoms with Crippen LogP contribution in [0.2, 0.25) is 5.02 Å². The second-order valence-electron chi connectivity index (χ2n) is 5.25. The summed E-state index contributed by atoms with van der Waals surface area (Å²) in [6, 6.07) is 4.54. The van der Waals surface area contributed by atoms with Gasteiger partial charge in [0.2, 0.25) is 10.0 Å². The Morgan fingerprint density at radius 1 is 1.35 bits per heavy atom. The van der Waals surface area contributed by atoms with Gasteiger partial charge in [-0.2, -0.15) is 4.31 Å². The van der Waals surface area contributed by atoms with Gasteiger partial charge in [-0.05, 0) is 51.2 Å². The van der Waals surface area contributed by atoms with E-state index in [2.05, 4.69) is 4.90 Å². The molecule has 2 rings (SSSR count). The van der Waals surface area contributed by atoms with Crippen LogP contribution in [0.4, 0.5) is 5.69 Å². The Labute approximate surface area is 125 Å². The van der Waals surface area contributed by atoms with Crippen molar-refractivity contribution in [3.63, 3.8) is 0 Å². The van der Waals surface area contributed by atoms with Crippen LogP contribution in [0.5, 0.6) is 0 Å². The molecule has 1 fully saturated rings. The van der Waals surface area contributed by atoms with E-state index in [-0.39, 0.29) is 16.0 Å². The molecule has 0 saturated carbocycles. The summed E-state index contributed by atoms with van der Waals surface area (Å²) in [5.74, 6) is 0. The molecule has 1 aliphatic heterocycles. The number of nitrogen functional groups attached to an aromatic ring is 1. The van der Waals surface area contributed by atoms with Gasteiger partial charge in [-0.1, -0.05) is 11.6 Å². The third-order valence-corrected chi connectivity index (χ3v) is 6.21. The minimum absolute atomic E-state index is 0.00805. The molecule has 0 atom stereocenters. The first-order chi connectivity index (χ1) is 9.32. The zero-order valence-electron chi connectivity index (χ0n) is 11.7. The summed E-state index contributed by atoms with van der Waals surface area (Å²) < 4.78 is 26.7. The number of hydrogen-bond acceptors (Lipinski definition) is 4. The molecule has 112 valence electrons. The van der Waals surface area contributed by atoms with E-state index >= 15 is 0 Å². The maximum absolute atomic E-state index is 12.7. The van der Waals surface area contributed by atoms with Crippen molar-refractivity contribution in [2.24, 2.45) is 0 Å². The SMILES string of the molecule is CN1CCC(N(C)S(=O)(=O)c2cc(N)ccc2Cl)CC1. The Hall–Kier alpha value is -0.820. The maximum atomic E-state index is 12.7. The van der Waals surface area contributed by atoms with Gasteiger partial charge in [0.05, 0.1) is 5.02 Å². The Kier molecular flexibility index (Phi) is 4.59. The number of nitrogens with two attached hydrogens (primary N) is 1. The molecule has 0 unspecified atom stereocenters. The summed E-state index contributed by atoms with van der Waals surface area (Å²) in [5, 5.41) is 0.207. The van der Waals surface area contributed by atoms with Crippen molar-refractivity contribution in [3.05, 3.63) is 23.2 Å². The minimum atomic E-state index is -3.61. The third kappa shape index (κ3) is 3.09.